The third-order valence-corrected chi connectivity index (χ3v) is 11.8. The minimum absolute atomic E-state index is 0.123. The fourth-order valence-corrected chi connectivity index (χ4v) is 7.86. The van der Waals surface area contributed by atoms with Gasteiger partial charge in [0.1, 0.15) is 30.5 Å². The second-order valence-corrected chi connectivity index (χ2v) is 17.6. The van der Waals surface area contributed by atoms with Gasteiger partial charge in [-0.15, -0.1) is 0 Å². The first-order chi connectivity index (χ1) is 29.9. The Kier molecular flexibility index (Phi) is 41.1. The Morgan fingerprint density at radius 2 is 1.00 bits per heavy atom. The van der Waals surface area contributed by atoms with Crippen LogP contribution in [-0.2, 0) is 23.7 Å². The highest BCUT2D eigenvalue weighted by Crippen LogP contribution is 2.23. The van der Waals surface area contributed by atoms with Crippen molar-refractivity contribution in [3.05, 3.63) is 36.5 Å². The Morgan fingerprint density at radius 1 is 0.541 bits per heavy atom. The lowest BCUT2D eigenvalue weighted by atomic mass is 9.99. The van der Waals surface area contributed by atoms with Gasteiger partial charge in [0, 0.05) is 13.0 Å². The molecule has 0 aromatic heterocycles. The van der Waals surface area contributed by atoms with Crippen LogP contribution in [-0.4, -0.2) is 89.6 Å². The fraction of sp³-hybridized carbons (Fsp3) is 0.865. The van der Waals surface area contributed by atoms with E-state index in [0.29, 0.717) is 6.61 Å². The molecule has 0 bridgehead atoms. The lowest BCUT2D eigenvalue weighted by Crippen LogP contribution is -2.59. The number of ether oxygens (including phenoxy) is 4. The highest BCUT2D eigenvalue weighted by Gasteiger charge is 2.44. The van der Waals surface area contributed by atoms with Crippen molar-refractivity contribution >= 4 is 5.97 Å². The van der Waals surface area contributed by atoms with Crippen LogP contribution in [0.15, 0.2) is 36.5 Å². The number of esters is 1. The smallest absolute Gasteiger partial charge is 0.306 e. The molecule has 0 spiro atoms. The van der Waals surface area contributed by atoms with Crippen LogP contribution in [0.5, 0.6) is 0 Å². The topological polar surface area (TPSA) is 135 Å². The number of rotatable bonds is 44. The van der Waals surface area contributed by atoms with Crippen LogP contribution in [0.25, 0.3) is 0 Å². The second kappa shape index (κ2) is 43.7. The van der Waals surface area contributed by atoms with Crippen molar-refractivity contribution in [1.82, 2.24) is 0 Å². The van der Waals surface area contributed by atoms with Gasteiger partial charge in [-0.3, -0.25) is 4.79 Å². The third-order valence-electron chi connectivity index (χ3n) is 11.8. The van der Waals surface area contributed by atoms with Crippen molar-refractivity contribution in [3.8, 4) is 0 Å². The molecule has 1 aliphatic heterocycles. The van der Waals surface area contributed by atoms with Crippen molar-refractivity contribution in [1.29, 1.82) is 0 Å². The lowest BCUT2D eigenvalue weighted by Gasteiger charge is -2.39. The molecule has 61 heavy (non-hydrogen) atoms. The minimum atomic E-state index is -1.54. The molecule has 4 N–H and O–H groups in total. The number of carbonyl (C=O) groups excluding carboxylic acids is 1. The summed E-state index contributed by atoms with van der Waals surface area (Å²) < 4.78 is 22.8. The summed E-state index contributed by atoms with van der Waals surface area (Å²) in [5.41, 5.74) is 0. The quantitative estimate of drug-likeness (QED) is 0.0268. The molecule has 0 aliphatic carbocycles. The van der Waals surface area contributed by atoms with Gasteiger partial charge in [0.2, 0.25) is 0 Å². The maximum Gasteiger partial charge on any atom is 0.306 e. The van der Waals surface area contributed by atoms with E-state index >= 15 is 0 Å². The molecule has 9 nitrogen and oxygen atoms in total. The van der Waals surface area contributed by atoms with Crippen LogP contribution in [0.1, 0.15) is 226 Å². The Morgan fingerprint density at radius 3 is 1.49 bits per heavy atom. The summed E-state index contributed by atoms with van der Waals surface area (Å²) in [5.74, 6) is -0.339. The summed E-state index contributed by atoms with van der Waals surface area (Å²) in [4.78, 5) is 12.8. The molecule has 1 aliphatic rings. The lowest BCUT2D eigenvalue weighted by molar-refractivity contribution is -0.305. The van der Waals surface area contributed by atoms with Crippen molar-refractivity contribution in [3.63, 3.8) is 0 Å². The Labute approximate surface area is 374 Å². The number of carbonyl (C=O) groups is 1. The predicted molar refractivity (Wildman–Crippen MR) is 252 cm³/mol. The summed E-state index contributed by atoms with van der Waals surface area (Å²) in [5, 5.41) is 40.2. The van der Waals surface area contributed by atoms with E-state index in [2.05, 4.69) is 50.3 Å². The molecule has 0 aromatic rings. The van der Waals surface area contributed by atoms with Crippen molar-refractivity contribution < 1.29 is 44.2 Å². The molecule has 358 valence electrons. The van der Waals surface area contributed by atoms with Gasteiger partial charge in [-0.1, -0.05) is 211 Å². The zero-order chi connectivity index (χ0) is 44.3. The Bertz CT molecular complexity index is 1030. The fourth-order valence-electron chi connectivity index (χ4n) is 7.86. The molecule has 6 unspecified atom stereocenters. The molecule has 6 atom stereocenters. The van der Waals surface area contributed by atoms with E-state index in [4.69, 9.17) is 18.9 Å². The number of hydrogen-bond donors (Lipinski definition) is 4. The zero-order valence-corrected chi connectivity index (χ0v) is 39.4. The average molecular weight is 865 g/mol. The van der Waals surface area contributed by atoms with Gasteiger partial charge in [0.05, 0.1) is 19.8 Å². The molecule has 1 fully saturated rings. The van der Waals surface area contributed by atoms with Crippen LogP contribution < -0.4 is 0 Å². The highest BCUT2D eigenvalue weighted by molar-refractivity contribution is 5.69. The molecule has 1 heterocycles. The first kappa shape index (κ1) is 57.4. The van der Waals surface area contributed by atoms with E-state index in [-0.39, 0.29) is 25.6 Å². The van der Waals surface area contributed by atoms with Crippen molar-refractivity contribution in [2.45, 2.75) is 263 Å². The molecular formula is C52H96O9. The number of allylic oxidation sites excluding steroid dienone is 6. The third kappa shape index (κ3) is 34.5. The van der Waals surface area contributed by atoms with E-state index in [1.54, 1.807) is 0 Å². The van der Waals surface area contributed by atoms with Gasteiger partial charge in [-0.05, 0) is 44.9 Å². The first-order valence-electron chi connectivity index (χ1n) is 25.6. The SMILES string of the molecule is CC/C=C\C/C=C\C/C=C\CCCCCC(=O)OC(COCCCCCCCCCCCCCCCCCCCCCCCCCCC)COC1OC(CO)C(O)C(O)C1O. The highest BCUT2D eigenvalue weighted by atomic mass is 16.7. The van der Waals surface area contributed by atoms with Gasteiger partial charge in [0.15, 0.2) is 6.29 Å². The molecule has 0 saturated carbocycles. The molecule has 1 saturated heterocycles. The summed E-state index contributed by atoms with van der Waals surface area (Å²) in [6, 6.07) is 0. The van der Waals surface area contributed by atoms with Crippen LogP contribution in [0, 0.1) is 0 Å². The van der Waals surface area contributed by atoms with E-state index in [0.717, 1.165) is 57.8 Å². The van der Waals surface area contributed by atoms with Crippen LogP contribution in [0.4, 0.5) is 0 Å². The van der Waals surface area contributed by atoms with Crippen LogP contribution >= 0.6 is 0 Å². The zero-order valence-electron chi connectivity index (χ0n) is 39.4. The van der Waals surface area contributed by atoms with E-state index in [9.17, 15) is 25.2 Å². The molecular weight excluding hydrogens is 769 g/mol. The maximum absolute atomic E-state index is 12.8. The van der Waals surface area contributed by atoms with Crippen LogP contribution in [0.2, 0.25) is 0 Å². The van der Waals surface area contributed by atoms with Gasteiger partial charge in [0.25, 0.3) is 0 Å². The summed E-state index contributed by atoms with van der Waals surface area (Å²) in [6.45, 7) is 4.44. The first-order valence-corrected chi connectivity index (χ1v) is 25.6. The van der Waals surface area contributed by atoms with E-state index < -0.39 is 43.4 Å². The van der Waals surface area contributed by atoms with E-state index in [1.165, 1.54) is 148 Å². The molecule has 0 radical (unpaired) electrons. The number of hydrogen-bond acceptors (Lipinski definition) is 9. The molecule has 9 heteroatoms. The van der Waals surface area contributed by atoms with E-state index in [1.807, 2.05) is 0 Å². The largest absolute Gasteiger partial charge is 0.457 e. The Hall–Kier alpha value is -1.59. The van der Waals surface area contributed by atoms with Gasteiger partial charge < -0.3 is 39.4 Å². The number of unbranched alkanes of at least 4 members (excludes halogenated alkanes) is 27. The summed E-state index contributed by atoms with van der Waals surface area (Å²) in [6.07, 6.45) is 46.3. The number of aliphatic hydroxyl groups excluding tert-OH is 4. The summed E-state index contributed by atoms with van der Waals surface area (Å²) in [7, 11) is 0. The standard InChI is InChI=1S/C52H96O9/c1-3-5-7-9-11-13-15-17-18-19-20-21-22-23-24-25-26-27-28-30-32-34-36-38-40-42-58-44-46(45-59-52-51(57)50(56)49(55)47(43-53)61-52)60-48(54)41-39-37-35-33-31-29-16-14-12-10-8-6-4-2/h6,8,12,14,29,31,46-47,49-53,55-57H,3-5,7,9-11,13,15-28,30,32-45H2,1-2H3/b8-6-,14-12-,31-29-. The van der Waals surface area contributed by atoms with Crippen LogP contribution in [0.3, 0.4) is 0 Å². The summed E-state index contributed by atoms with van der Waals surface area (Å²) >= 11 is 0. The maximum atomic E-state index is 12.8. The normalized spacial score (nSPS) is 20.1. The number of aliphatic hydroxyl groups is 4. The average Bonchev–Trinajstić information content (AvgIpc) is 3.26. The van der Waals surface area contributed by atoms with Crippen molar-refractivity contribution in [2.24, 2.45) is 0 Å². The van der Waals surface area contributed by atoms with Gasteiger partial charge >= 0.3 is 5.97 Å². The van der Waals surface area contributed by atoms with Gasteiger partial charge in [-0.2, -0.15) is 0 Å². The minimum Gasteiger partial charge on any atom is -0.457 e. The van der Waals surface area contributed by atoms with Crippen molar-refractivity contribution in [2.75, 3.05) is 26.4 Å². The molecule has 0 amide bonds. The molecule has 0 aromatic carbocycles. The van der Waals surface area contributed by atoms with Gasteiger partial charge in [-0.25, -0.2) is 0 Å². The second-order valence-electron chi connectivity index (χ2n) is 17.6. The predicted octanol–water partition coefficient (Wildman–Crippen LogP) is 12.3. The molecule has 1 rings (SSSR count). The monoisotopic (exact) mass is 865 g/mol. The Balaban J connectivity index is 2.15.